The molecule has 0 aliphatic carbocycles. The fourth-order valence-electron chi connectivity index (χ4n) is 1.70. The van der Waals surface area contributed by atoms with E-state index in [1.807, 2.05) is 12.2 Å². The molecule has 2 nitrogen and oxygen atoms in total. The van der Waals surface area contributed by atoms with Crippen LogP contribution in [0.5, 0.6) is 0 Å². The zero-order chi connectivity index (χ0) is 23.8. The van der Waals surface area contributed by atoms with E-state index in [-0.39, 0.29) is 11.5 Å². The summed E-state index contributed by atoms with van der Waals surface area (Å²) in [6.07, 6.45) is 8.35. The summed E-state index contributed by atoms with van der Waals surface area (Å²) in [7, 11) is 0. The van der Waals surface area contributed by atoms with E-state index < -0.39 is 0 Å². The molecule has 0 amide bonds. The molecule has 0 radical (unpaired) electrons. The SMILES string of the molecule is C=C(C)[O-].C=C(C)[O-].C=CCCc1cc[cH-]c1.C=CCCc1cc[cH-]c1.C[C](C)=[Ti+2]. The van der Waals surface area contributed by atoms with Crippen molar-refractivity contribution in [2.45, 2.75) is 53.4 Å². The molecule has 0 spiro atoms. The normalized spacial score (nSPS) is 8.20. The van der Waals surface area contributed by atoms with Gasteiger partial charge in [0.2, 0.25) is 0 Å². The van der Waals surface area contributed by atoms with Gasteiger partial charge in [-0.15, -0.1) is 37.8 Å². The molecular formula is C27H38O2Ti-2. The Hall–Kier alpha value is -2.16. The van der Waals surface area contributed by atoms with Crippen LogP contribution in [0.25, 0.3) is 0 Å². The predicted octanol–water partition coefficient (Wildman–Crippen LogP) is 5.55. The molecule has 0 atom stereocenters. The first-order valence-corrected chi connectivity index (χ1v) is 10.6. The Morgan fingerprint density at radius 3 is 1.27 bits per heavy atom. The quantitative estimate of drug-likeness (QED) is 0.255. The molecule has 164 valence electrons. The fraction of sp³-hybridized carbons (Fsp3) is 0.296. The van der Waals surface area contributed by atoms with Gasteiger partial charge in [0.1, 0.15) is 0 Å². The Morgan fingerprint density at radius 2 is 1.10 bits per heavy atom. The van der Waals surface area contributed by atoms with Gasteiger partial charge in [-0.1, -0.05) is 38.8 Å². The minimum absolute atomic E-state index is 0.0833. The summed E-state index contributed by atoms with van der Waals surface area (Å²) in [6.45, 7) is 20.3. The summed E-state index contributed by atoms with van der Waals surface area (Å²) in [6, 6.07) is 16.8. The molecule has 0 heterocycles. The van der Waals surface area contributed by atoms with E-state index >= 15 is 0 Å². The molecule has 30 heavy (non-hydrogen) atoms. The van der Waals surface area contributed by atoms with Crippen LogP contribution >= 0.6 is 0 Å². The van der Waals surface area contributed by atoms with Crippen molar-refractivity contribution in [1.29, 1.82) is 0 Å². The predicted molar refractivity (Wildman–Crippen MR) is 127 cm³/mol. The van der Waals surface area contributed by atoms with Crippen LogP contribution in [-0.4, -0.2) is 3.81 Å². The molecular weight excluding hydrogens is 404 g/mol. The summed E-state index contributed by atoms with van der Waals surface area (Å²) >= 11 is 2.08. The summed E-state index contributed by atoms with van der Waals surface area (Å²) in [5.74, 6) is -0.167. The van der Waals surface area contributed by atoms with Crippen molar-refractivity contribution in [3.8, 4) is 0 Å². The summed E-state index contributed by atoms with van der Waals surface area (Å²) in [5, 5.41) is 18.7. The summed E-state index contributed by atoms with van der Waals surface area (Å²) in [4.78, 5) is 0. The van der Waals surface area contributed by atoms with E-state index in [2.05, 4.69) is 109 Å². The van der Waals surface area contributed by atoms with Gasteiger partial charge in [-0.05, 0) is 12.8 Å². The molecule has 0 saturated carbocycles. The molecule has 0 saturated heterocycles. The van der Waals surface area contributed by atoms with E-state index in [1.54, 1.807) is 0 Å². The van der Waals surface area contributed by atoms with Gasteiger partial charge < -0.3 is 10.2 Å². The first-order chi connectivity index (χ1) is 14.1. The second-order valence-corrected chi connectivity index (χ2v) is 8.21. The maximum absolute atomic E-state index is 9.33. The third-order valence-corrected chi connectivity index (χ3v) is 2.74. The van der Waals surface area contributed by atoms with Crippen LogP contribution in [0, 0.1) is 0 Å². The number of rotatable bonds is 6. The molecule has 0 fully saturated rings. The average molecular weight is 442 g/mol. The van der Waals surface area contributed by atoms with Gasteiger partial charge in [-0.3, -0.25) is 0 Å². The maximum atomic E-state index is 9.33. The Morgan fingerprint density at radius 1 is 0.833 bits per heavy atom. The van der Waals surface area contributed by atoms with E-state index in [0.29, 0.717) is 0 Å². The van der Waals surface area contributed by atoms with Crippen molar-refractivity contribution in [3.63, 3.8) is 0 Å². The van der Waals surface area contributed by atoms with Crippen molar-refractivity contribution >= 4 is 3.81 Å². The zero-order valence-corrected chi connectivity index (χ0v) is 20.8. The average Bonchev–Trinajstić information content (AvgIpc) is 3.31. The Bertz CT molecular complexity index is 579. The Balaban J connectivity index is -0.000000325. The van der Waals surface area contributed by atoms with E-state index in [4.69, 9.17) is 0 Å². The molecule has 0 aromatic heterocycles. The first kappa shape index (κ1) is 32.5. The second kappa shape index (κ2) is 24.9. The Kier molecular flexibility index (Phi) is 27.0. The van der Waals surface area contributed by atoms with Crippen molar-refractivity contribution in [2.75, 3.05) is 0 Å². The van der Waals surface area contributed by atoms with Crippen LogP contribution in [0.2, 0.25) is 0 Å². The molecule has 0 aliphatic rings. The van der Waals surface area contributed by atoms with Gasteiger partial charge in [0, 0.05) is 0 Å². The Labute approximate surface area is 196 Å². The molecule has 2 aromatic rings. The van der Waals surface area contributed by atoms with Crippen LogP contribution in [-0.2, 0) is 32.8 Å². The van der Waals surface area contributed by atoms with Gasteiger partial charge in [0.05, 0.1) is 0 Å². The van der Waals surface area contributed by atoms with Crippen LogP contribution < -0.4 is 10.2 Å². The molecule has 2 rings (SSSR count). The van der Waals surface area contributed by atoms with Gasteiger partial charge in [-0.2, -0.15) is 47.5 Å². The number of hydrogen-bond donors (Lipinski definition) is 0. The standard InChI is InChI=1S/2C9H11.2C3H6O.C3H6.Ti/c2*1-2-3-6-9-7-4-5-8-9;2*1-3(2)4;1-3-2;/h2*2,4-5,7-8H,1,3,6H2;2*4H,1H2,2H3;1-2H3;/q2*-1;;;;+2/p-2. The van der Waals surface area contributed by atoms with Crippen molar-refractivity contribution < 1.29 is 30.2 Å². The van der Waals surface area contributed by atoms with Crippen LogP contribution in [0.1, 0.15) is 51.7 Å². The van der Waals surface area contributed by atoms with Crippen molar-refractivity contribution in [3.05, 3.63) is 110 Å². The summed E-state index contributed by atoms with van der Waals surface area (Å²) in [5.41, 5.74) is 2.82. The van der Waals surface area contributed by atoms with Crippen molar-refractivity contribution in [1.82, 2.24) is 0 Å². The van der Waals surface area contributed by atoms with Gasteiger partial charge in [-0.25, -0.2) is 12.1 Å². The first-order valence-electron chi connectivity index (χ1n) is 9.86. The van der Waals surface area contributed by atoms with E-state index in [1.165, 1.54) is 28.8 Å². The molecule has 2 aromatic carbocycles. The van der Waals surface area contributed by atoms with Gasteiger partial charge >= 0.3 is 37.6 Å². The molecule has 0 unspecified atom stereocenters. The third-order valence-electron chi connectivity index (χ3n) is 2.74. The number of hydrogen-bond acceptors (Lipinski definition) is 2. The fourth-order valence-corrected chi connectivity index (χ4v) is 1.70. The van der Waals surface area contributed by atoms with Crippen LogP contribution in [0.15, 0.2) is 98.5 Å². The summed E-state index contributed by atoms with van der Waals surface area (Å²) < 4.78 is 1.42. The van der Waals surface area contributed by atoms with Crippen LogP contribution in [0.3, 0.4) is 0 Å². The third kappa shape index (κ3) is 40.5. The molecule has 0 aliphatic heterocycles. The minimum atomic E-state index is -0.0833. The second-order valence-electron chi connectivity index (χ2n) is 6.65. The topological polar surface area (TPSA) is 46.1 Å². The molecule has 0 N–H and O–H groups in total. The number of aryl methyl sites for hydroxylation is 2. The van der Waals surface area contributed by atoms with Crippen molar-refractivity contribution in [2.24, 2.45) is 0 Å². The zero-order valence-electron chi connectivity index (χ0n) is 19.2. The number of allylic oxidation sites excluding steroid dienone is 4. The van der Waals surface area contributed by atoms with E-state index in [0.717, 1.165) is 25.7 Å². The van der Waals surface area contributed by atoms with Crippen LogP contribution in [0.4, 0.5) is 0 Å². The van der Waals surface area contributed by atoms with E-state index in [9.17, 15) is 10.2 Å². The van der Waals surface area contributed by atoms with Gasteiger partial charge in [0.25, 0.3) is 0 Å². The molecule has 0 bridgehead atoms. The van der Waals surface area contributed by atoms with Gasteiger partial charge in [0.15, 0.2) is 0 Å². The monoisotopic (exact) mass is 442 g/mol. The molecule has 3 heteroatoms.